The van der Waals surface area contributed by atoms with Crippen LogP contribution < -0.4 is 5.32 Å². The molecule has 2 aromatic heterocycles. The van der Waals surface area contributed by atoms with E-state index in [9.17, 15) is 9.59 Å². The van der Waals surface area contributed by atoms with E-state index in [0.29, 0.717) is 11.3 Å². The number of carbonyl (C=O) groups excluding carboxylic acids is 2. The number of rotatable bonds is 6. The minimum absolute atomic E-state index is 0.172. The lowest BCUT2D eigenvalue weighted by Gasteiger charge is -2.08. The van der Waals surface area contributed by atoms with Crippen molar-refractivity contribution in [3.8, 4) is 0 Å². The monoisotopic (exact) mass is 303 g/mol. The van der Waals surface area contributed by atoms with Gasteiger partial charge in [0.15, 0.2) is 11.2 Å². The van der Waals surface area contributed by atoms with Crippen molar-refractivity contribution >= 4 is 23.3 Å². The molecule has 1 N–H and O–H groups in total. The van der Waals surface area contributed by atoms with Gasteiger partial charge in [0, 0.05) is 24.8 Å². The molecule has 22 heavy (non-hydrogen) atoms. The molecule has 0 saturated carbocycles. The minimum atomic E-state index is -0.733. The third-order valence-electron chi connectivity index (χ3n) is 2.78. The van der Waals surface area contributed by atoms with Crippen LogP contribution in [0.3, 0.4) is 0 Å². The lowest BCUT2D eigenvalue weighted by Crippen LogP contribution is -2.19. The van der Waals surface area contributed by atoms with Crippen molar-refractivity contribution in [1.82, 2.24) is 9.38 Å². The van der Waals surface area contributed by atoms with Crippen LogP contribution in [0.15, 0.2) is 42.5 Å². The number of carbonyl (C=O) groups is 2. The average Bonchev–Trinajstić information content (AvgIpc) is 2.97. The molecule has 2 heterocycles. The van der Waals surface area contributed by atoms with Crippen LogP contribution in [0.25, 0.3) is 5.65 Å². The number of ether oxygens (including phenoxy) is 2. The van der Waals surface area contributed by atoms with Crippen molar-refractivity contribution in [3.63, 3.8) is 0 Å². The molecule has 0 saturated heterocycles. The number of esters is 2. The van der Waals surface area contributed by atoms with Crippen LogP contribution in [0.2, 0.25) is 0 Å². The zero-order valence-corrected chi connectivity index (χ0v) is 12.4. The lowest BCUT2D eigenvalue weighted by molar-refractivity contribution is -0.146. The summed E-state index contributed by atoms with van der Waals surface area (Å²) in [5.74, 6) is -1.47. The molecule has 0 atom stereocenters. The molecule has 7 heteroatoms. The highest BCUT2D eigenvalue weighted by molar-refractivity contribution is 6.14. The fourth-order valence-electron chi connectivity index (χ4n) is 1.83. The average molecular weight is 303 g/mol. The number of imidazole rings is 1. The highest BCUT2D eigenvalue weighted by Gasteiger charge is 2.21. The van der Waals surface area contributed by atoms with E-state index in [1.54, 1.807) is 32.3 Å². The van der Waals surface area contributed by atoms with Gasteiger partial charge < -0.3 is 19.2 Å². The zero-order chi connectivity index (χ0) is 15.9. The predicted molar refractivity (Wildman–Crippen MR) is 80.2 cm³/mol. The first-order chi connectivity index (χ1) is 10.7. The molecule has 2 aromatic rings. The SMILES string of the molecule is CCOC(=O)C(=CNc1cccn2ccnc12)C(=O)OCC. The van der Waals surface area contributed by atoms with E-state index in [4.69, 9.17) is 9.47 Å². The normalized spacial score (nSPS) is 10.1. The van der Waals surface area contributed by atoms with Gasteiger partial charge in [-0.3, -0.25) is 0 Å². The summed E-state index contributed by atoms with van der Waals surface area (Å²) in [5.41, 5.74) is 1.13. The van der Waals surface area contributed by atoms with Gasteiger partial charge in [0.05, 0.1) is 18.9 Å². The Hall–Kier alpha value is -2.83. The number of nitrogens with one attached hydrogen (secondary N) is 1. The summed E-state index contributed by atoms with van der Waals surface area (Å²) >= 11 is 0. The molecule has 2 rings (SSSR count). The van der Waals surface area contributed by atoms with E-state index in [1.165, 1.54) is 6.20 Å². The van der Waals surface area contributed by atoms with Gasteiger partial charge in [-0.05, 0) is 26.0 Å². The molecule has 0 bridgehead atoms. The van der Waals surface area contributed by atoms with Crippen molar-refractivity contribution in [2.45, 2.75) is 13.8 Å². The molecule has 0 unspecified atom stereocenters. The zero-order valence-electron chi connectivity index (χ0n) is 12.4. The van der Waals surface area contributed by atoms with E-state index in [-0.39, 0.29) is 18.8 Å². The van der Waals surface area contributed by atoms with Gasteiger partial charge in [-0.1, -0.05) is 0 Å². The highest BCUT2D eigenvalue weighted by Crippen LogP contribution is 2.15. The third-order valence-corrected chi connectivity index (χ3v) is 2.78. The summed E-state index contributed by atoms with van der Waals surface area (Å²) in [5, 5.41) is 2.91. The fourth-order valence-corrected chi connectivity index (χ4v) is 1.83. The predicted octanol–water partition coefficient (Wildman–Crippen LogP) is 1.76. The highest BCUT2D eigenvalue weighted by atomic mass is 16.6. The second kappa shape index (κ2) is 7.26. The molecule has 0 aromatic carbocycles. The number of fused-ring (bicyclic) bond motifs is 1. The van der Waals surface area contributed by atoms with Gasteiger partial charge in [0.25, 0.3) is 0 Å². The van der Waals surface area contributed by atoms with Gasteiger partial charge in [-0.25, -0.2) is 14.6 Å². The Morgan fingerprint density at radius 2 is 1.91 bits per heavy atom. The Morgan fingerprint density at radius 1 is 1.23 bits per heavy atom. The minimum Gasteiger partial charge on any atom is -0.462 e. The first kappa shape index (κ1) is 15.6. The maximum atomic E-state index is 11.8. The van der Waals surface area contributed by atoms with Crippen LogP contribution in [-0.2, 0) is 19.1 Å². The maximum Gasteiger partial charge on any atom is 0.347 e. The Kier molecular flexibility index (Phi) is 5.13. The van der Waals surface area contributed by atoms with Crippen LogP contribution in [0.1, 0.15) is 13.8 Å². The topological polar surface area (TPSA) is 81.9 Å². The van der Waals surface area contributed by atoms with E-state index in [1.807, 2.05) is 16.7 Å². The summed E-state index contributed by atoms with van der Waals surface area (Å²) in [4.78, 5) is 27.9. The molecule has 7 nitrogen and oxygen atoms in total. The summed E-state index contributed by atoms with van der Waals surface area (Å²) < 4.78 is 11.5. The van der Waals surface area contributed by atoms with Gasteiger partial charge in [0.2, 0.25) is 0 Å². The Morgan fingerprint density at radius 3 is 2.55 bits per heavy atom. The van der Waals surface area contributed by atoms with Gasteiger partial charge in [-0.2, -0.15) is 0 Å². The molecule has 0 radical (unpaired) electrons. The maximum absolute atomic E-state index is 11.8. The van der Waals surface area contributed by atoms with E-state index >= 15 is 0 Å². The summed E-state index contributed by atoms with van der Waals surface area (Å²) in [7, 11) is 0. The molecular weight excluding hydrogens is 286 g/mol. The van der Waals surface area contributed by atoms with E-state index < -0.39 is 11.9 Å². The molecule has 0 aliphatic rings. The molecule has 0 aliphatic heterocycles. The number of aromatic nitrogens is 2. The summed E-state index contributed by atoms with van der Waals surface area (Å²) in [6, 6.07) is 3.60. The summed E-state index contributed by atoms with van der Waals surface area (Å²) in [6.45, 7) is 3.68. The smallest absolute Gasteiger partial charge is 0.347 e. The van der Waals surface area contributed by atoms with Gasteiger partial charge in [-0.15, -0.1) is 0 Å². The van der Waals surface area contributed by atoms with Crippen LogP contribution in [0.4, 0.5) is 5.69 Å². The van der Waals surface area contributed by atoms with E-state index in [0.717, 1.165) is 0 Å². The number of anilines is 1. The molecule has 0 fully saturated rings. The number of pyridine rings is 1. The second-order valence-electron chi connectivity index (χ2n) is 4.22. The summed E-state index contributed by atoms with van der Waals surface area (Å²) in [6.07, 6.45) is 6.57. The molecular formula is C15H17N3O4. The molecule has 0 amide bonds. The van der Waals surface area contributed by atoms with Crippen molar-refractivity contribution in [3.05, 3.63) is 42.5 Å². The number of hydrogen-bond donors (Lipinski definition) is 1. The number of nitrogens with zero attached hydrogens (tertiary/aromatic N) is 2. The Balaban J connectivity index is 2.27. The van der Waals surface area contributed by atoms with Gasteiger partial charge >= 0.3 is 11.9 Å². The fraction of sp³-hybridized carbons (Fsp3) is 0.267. The standard InChI is InChI=1S/C15H17N3O4/c1-3-21-14(19)11(15(20)22-4-2)10-17-12-6-5-8-18-9-7-16-13(12)18/h5-10,17H,3-4H2,1-2H3. The van der Waals surface area contributed by atoms with Crippen molar-refractivity contribution in [2.75, 3.05) is 18.5 Å². The first-order valence-electron chi connectivity index (χ1n) is 6.90. The van der Waals surface area contributed by atoms with Crippen LogP contribution >= 0.6 is 0 Å². The molecule has 0 spiro atoms. The first-order valence-corrected chi connectivity index (χ1v) is 6.90. The van der Waals surface area contributed by atoms with E-state index in [2.05, 4.69) is 10.3 Å². The quantitative estimate of drug-likeness (QED) is 0.379. The van der Waals surface area contributed by atoms with Crippen molar-refractivity contribution in [1.29, 1.82) is 0 Å². The Labute approximate surface area is 127 Å². The largest absolute Gasteiger partial charge is 0.462 e. The van der Waals surface area contributed by atoms with Crippen molar-refractivity contribution in [2.24, 2.45) is 0 Å². The lowest BCUT2D eigenvalue weighted by atomic mass is 10.3. The number of hydrogen-bond acceptors (Lipinski definition) is 6. The molecule has 0 aliphatic carbocycles. The van der Waals surface area contributed by atoms with Crippen LogP contribution in [-0.4, -0.2) is 34.5 Å². The van der Waals surface area contributed by atoms with Crippen LogP contribution in [0, 0.1) is 0 Å². The van der Waals surface area contributed by atoms with Crippen LogP contribution in [0.5, 0.6) is 0 Å². The van der Waals surface area contributed by atoms with Gasteiger partial charge in [0.1, 0.15) is 0 Å². The Bertz CT molecular complexity index is 686. The van der Waals surface area contributed by atoms with Crippen molar-refractivity contribution < 1.29 is 19.1 Å². The second-order valence-corrected chi connectivity index (χ2v) is 4.22. The third kappa shape index (κ3) is 3.43. The molecule has 116 valence electrons.